The summed E-state index contributed by atoms with van der Waals surface area (Å²) in [4.78, 5) is 27.0. The molecular formula is C30H26F2N4O3. The summed E-state index contributed by atoms with van der Waals surface area (Å²) in [5.74, 6) is -3.36. The topological polar surface area (TPSA) is 94.4 Å². The van der Waals surface area contributed by atoms with Crippen LogP contribution in [0.3, 0.4) is 0 Å². The van der Waals surface area contributed by atoms with Crippen LogP contribution in [0.4, 0.5) is 8.78 Å². The van der Waals surface area contributed by atoms with E-state index in [4.69, 9.17) is 10.3 Å². The zero-order chi connectivity index (χ0) is 27.6. The molecule has 1 aliphatic rings. The first-order valence-electron chi connectivity index (χ1n) is 12.6. The molecule has 198 valence electrons. The maximum absolute atomic E-state index is 13.5. The molecule has 2 amide bonds. The van der Waals surface area contributed by atoms with Gasteiger partial charge in [0, 0.05) is 33.0 Å². The second kappa shape index (κ2) is 8.76. The van der Waals surface area contributed by atoms with Crippen molar-refractivity contribution < 1.29 is 22.9 Å². The van der Waals surface area contributed by atoms with Crippen LogP contribution >= 0.6 is 0 Å². The number of halogens is 2. The SMILES string of the molecule is Cc1noc(C)c1-c1cc(C(N)=O)c2c3cc(C(=O)N4CC(F)(F)C4)ccc3n(C(C)c3ccccc3)c2c1. The van der Waals surface area contributed by atoms with E-state index >= 15 is 0 Å². The number of benzene rings is 3. The van der Waals surface area contributed by atoms with Gasteiger partial charge in [-0.05, 0) is 62.2 Å². The van der Waals surface area contributed by atoms with Crippen LogP contribution in [0.25, 0.3) is 32.9 Å². The fourth-order valence-electron chi connectivity index (χ4n) is 5.68. The Morgan fingerprint density at radius 2 is 1.74 bits per heavy atom. The molecule has 6 rings (SSSR count). The third kappa shape index (κ3) is 3.96. The predicted molar refractivity (Wildman–Crippen MR) is 144 cm³/mol. The molecule has 2 N–H and O–H groups in total. The number of hydrogen-bond acceptors (Lipinski definition) is 4. The van der Waals surface area contributed by atoms with E-state index < -0.39 is 30.8 Å². The monoisotopic (exact) mass is 528 g/mol. The van der Waals surface area contributed by atoms with Gasteiger partial charge in [-0.25, -0.2) is 8.78 Å². The number of fused-ring (bicyclic) bond motifs is 3. The largest absolute Gasteiger partial charge is 0.366 e. The third-order valence-electron chi connectivity index (χ3n) is 7.54. The number of nitrogens with two attached hydrogens (primary N) is 1. The molecule has 0 aliphatic carbocycles. The van der Waals surface area contributed by atoms with Crippen LogP contribution in [-0.2, 0) is 0 Å². The first kappa shape index (κ1) is 24.8. The van der Waals surface area contributed by atoms with Gasteiger partial charge in [0.2, 0.25) is 5.91 Å². The molecule has 1 atom stereocenters. The number of alkyl halides is 2. The summed E-state index contributed by atoms with van der Waals surface area (Å²) in [6, 6.07) is 18.6. The molecule has 9 heteroatoms. The van der Waals surface area contributed by atoms with Gasteiger partial charge in [0.25, 0.3) is 11.8 Å². The highest BCUT2D eigenvalue weighted by molar-refractivity contribution is 6.20. The normalized spacial score (nSPS) is 15.5. The average Bonchev–Trinajstić information content (AvgIpc) is 3.41. The van der Waals surface area contributed by atoms with Gasteiger partial charge in [0.15, 0.2) is 0 Å². The highest BCUT2D eigenvalue weighted by Gasteiger charge is 2.46. The molecule has 0 saturated carbocycles. The van der Waals surface area contributed by atoms with Crippen LogP contribution < -0.4 is 5.73 Å². The zero-order valence-electron chi connectivity index (χ0n) is 21.7. The number of hydrogen-bond donors (Lipinski definition) is 1. The molecule has 0 bridgehead atoms. The minimum absolute atomic E-state index is 0.150. The lowest BCUT2D eigenvalue weighted by atomic mass is 9.96. The van der Waals surface area contributed by atoms with Gasteiger partial charge in [0.05, 0.1) is 30.3 Å². The molecular weight excluding hydrogens is 502 g/mol. The van der Waals surface area contributed by atoms with Crippen molar-refractivity contribution in [3.05, 3.63) is 88.8 Å². The van der Waals surface area contributed by atoms with Gasteiger partial charge in [-0.2, -0.15) is 0 Å². The van der Waals surface area contributed by atoms with E-state index in [9.17, 15) is 18.4 Å². The fraction of sp³-hybridized carbons (Fsp3) is 0.233. The first-order chi connectivity index (χ1) is 18.6. The van der Waals surface area contributed by atoms with Crippen molar-refractivity contribution in [2.45, 2.75) is 32.7 Å². The summed E-state index contributed by atoms with van der Waals surface area (Å²) >= 11 is 0. The van der Waals surface area contributed by atoms with E-state index in [1.54, 1.807) is 24.3 Å². The van der Waals surface area contributed by atoms with Crippen molar-refractivity contribution in [2.75, 3.05) is 13.1 Å². The van der Waals surface area contributed by atoms with Crippen LogP contribution in [0.5, 0.6) is 0 Å². The lowest BCUT2D eigenvalue weighted by Crippen LogP contribution is -2.58. The Kier molecular flexibility index (Phi) is 5.57. The molecule has 3 heterocycles. The molecule has 2 aromatic heterocycles. The molecule has 7 nitrogen and oxygen atoms in total. The van der Waals surface area contributed by atoms with Crippen molar-refractivity contribution in [3.8, 4) is 11.1 Å². The van der Waals surface area contributed by atoms with Crippen molar-refractivity contribution in [3.63, 3.8) is 0 Å². The van der Waals surface area contributed by atoms with Gasteiger partial charge >= 0.3 is 0 Å². The molecule has 0 radical (unpaired) electrons. The number of rotatable bonds is 5. The number of nitrogens with zero attached hydrogens (tertiary/aromatic N) is 3. The minimum Gasteiger partial charge on any atom is -0.366 e. The summed E-state index contributed by atoms with van der Waals surface area (Å²) in [7, 11) is 0. The van der Waals surface area contributed by atoms with Gasteiger partial charge in [-0.1, -0.05) is 35.5 Å². The summed E-state index contributed by atoms with van der Waals surface area (Å²) in [6.45, 7) is 4.48. The number of aryl methyl sites for hydroxylation is 2. The number of amides is 2. The molecule has 3 aromatic carbocycles. The standard InChI is InChI=1S/C30H26F2N4O3/c1-16-26(18(3)39-34-16)21-12-23(28(33)37)27-22-11-20(29(38)35-14-30(31,32)15-35)9-10-24(22)36(25(27)13-21)17(2)19-7-5-4-6-8-19/h4-13,17H,14-15H2,1-3H3,(H2,33,37). The van der Waals surface area contributed by atoms with Gasteiger partial charge in [-0.3, -0.25) is 9.59 Å². The van der Waals surface area contributed by atoms with Crippen LogP contribution in [0.15, 0.2) is 65.2 Å². The molecule has 39 heavy (non-hydrogen) atoms. The van der Waals surface area contributed by atoms with Gasteiger partial charge < -0.3 is 19.7 Å². The van der Waals surface area contributed by atoms with Gasteiger partial charge in [-0.15, -0.1) is 0 Å². The van der Waals surface area contributed by atoms with Crippen LogP contribution in [-0.4, -0.2) is 45.5 Å². The highest BCUT2D eigenvalue weighted by atomic mass is 19.3. The Bertz CT molecular complexity index is 1760. The molecule has 1 saturated heterocycles. The lowest BCUT2D eigenvalue weighted by molar-refractivity contribution is -0.113. The highest BCUT2D eigenvalue weighted by Crippen LogP contribution is 2.40. The molecule has 0 spiro atoms. The van der Waals surface area contributed by atoms with Crippen LogP contribution in [0, 0.1) is 13.8 Å². The molecule has 1 aliphatic heterocycles. The van der Waals surface area contributed by atoms with Crippen LogP contribution in [0.1, 0.15) is 50.7 Å². The van der Waals surface area contributed by atoms with E-state index in [0.717, 1.165) is 32.6 Å². The lowest BCUT2D eigenvalue weighted by Gasteiger charge is -2.38. The Morgan fingerprint density at radius 1 is 1.03 bits per heavy atom. The zero-order valence-corrected chi connectivity index (χ0v) is 21.7. The molecule has 5 aromatic rings. The van der Waals surface area contributed by atoms with E-state index in [1.807, 2.05) is 50.2 Å². The number of carbonyl (C=O) groups excluding carboxylic acids is 2. The Morgan fingerprint density at radius 3 is 2.36 bits per heavy atom. The van der Waals surface area contributed by atoms with Crippen LogP contribution in [0.2, 0.25) is 0 Å². The third-order valence-corrected chi connectivity index (χ3v) is 7.54. The van der Waals surface area contributed by atoms with Crippen molar-refractivity contribution in [1.82, 2.24) is 14.6 Å². The number of carbonyl (C=O) groups is 2. The van der Waals surface area contributed by atoms with E-state index in [1.165, 1.54) is 0 Å². The van der Waals surface area contributed by atoms with Crippen molar-refractivity contribution >= 4 is 33.6 Å². The predicted octanol–water partition coefficient (Wildman–Crippen LogP) is 5.87. The fourth-order valence-corrected chi connectivity index (χ4v) is 5.68. The Balaban J connectivity index is 1.65. The first-order valence-corrected chi connectivity index (χ1v) is 12.6. The summed E-state index contributed by atoms with van der Waals surface area (Å²) < 4.78 is 34.5. The molecule has 1 unspecified atom stereocenters. The summed E-state index contributed by atoms with van der Waals surface area (Å²) in [5.41, 5.74) is 11.2. The molecule has 1 fully saturated rings. The van der Waals surface area contributed by atoms with Gasteiger partial charge in [0.1, 0.15) is 5.76 Å². The smallest absolute Gasteiger partial charge is 0.282 e. The maximum atomic E-state index is 13.5. The number of aromatic nitrogens is 2. The minimum atomic E-state index is -2.87. The quantitative estimate of drug-likeness (QED) is 0.309. The van der Waals surface area contributed by atoms with Crippen molar-refractivity contribution in [2.24, 2.45) is 5.73 Å². The van der Waals surface area contributed by atoms with E-state index in [0.29, 0.717) is 22.2 Å². The van der Waals surface area contributed by atoms with Crippen molar-refractivity contribution in [1.29, 1.82) is 0 Å². The Hall–Kier alpha value is -4.53. The Labute approximate surface area is 222 Å². The second-order valence-corrected chi connectivity index (χ2v) is 10.2. The number of primary amides is 1. The average molecular weight is 529 g/mol. The maximum Gasteiger partial charge on any atom is 0.282 e. The summed E-state index contributed by atoms with van der Waals surface area (Å²) in [5, 5.41) is 5.31. The van der Waals surface area contributed by atoms with E-state index in [-0.39, 0.29) is 17.2 Å². The second-order valence-electron chi connectivity index (χ2n) is 10.2. The van der Waals surface area contributed by atoms with E-state index in [2.05, 4.69) is 16.6 Å². The number of likely N-dealkylation sites (tertiary alicyclic amines) is 1. The summed E-state index contributed by atoms with van der Waals surface area (Å²) in [6.07, 6.45) is 0.